The smallest absolute Gasteiger partial charge is 0.410 e. The maximum atomic E-state index is 12.7. The van der Waals surface area contributed by atoms with Crippen LogP contribution in [0.1, 0.15) is 5.56 Å². The predicted molar refractivity (Wildman–Crippen MR) is 72.2 cm³/mol. The van der Waals surface area contributed by atoms with Crippen LogP contribution in [0.25, 0.3) is 0 Å². The van der Waals surface area contributed by atoms with E-state index in [1.165, 1.54) is 24.3 Å². The first-order valence-electron chi connectivity index (χ1n) is 5.55. The fraction of sp³-hybridized carbons (Fsp3) is 0.0714. The third kappa shape index (κ3) is 3.69. The maximum Gasteiger partial charge on any atom is 0.417 e. The zero-order valence-corrected chi connectivity index (χ0v) is 10.9. The molecule has 0 aliphatic rings. The summed E-state index contributed by atoms with van der Waals surface area (Å²) in [4.78, 5) is 11.7. The van der Waals surface area contributed by atoms with E-state index >= 15 is 0 Å². The summed E-state index contributed by atoms with van der Waals surface area (Å²) in [6.45, 7) is 1.84. The van der Waals surface area contributed by atoms with Crippen molar-refractivity contribution in [3.63, 3.8) is 0 Å². The van der Waals surface area contributed by atoms with Crippen LogP contribution in [0.2, 0.25) is 5.02 Å². The van der Waals surface area contributed by atoms with Gasteiger partial charge in [0.1, 0.15) is 11.6 Å². The molecule has 0 radical (unpaired) electrons. The Morgan fingerprint density at radius 3 is 2.58 bits per heavy atom. The van der Waals surface area contributed by atoms with Gasteiger partial charge in [-0.15, -0.1) is 0 Å². The number of carbonyl (C=O) groups is 1. The first kappa shape index (κ1) is 13.4. The second-order valence-electron chi connectivity index (χ2n) is 3.93. The number of aryl methyl sites for hydroxylation is 1. The third-order valence-electron chi connectivity index (χ3n) is 2.46. The number of halogens is 2. The highest BCUT2D eigenvalue weighted by molar-refractivity contribution is 6.31. The van der Waals surface area contributed by atoms with E-state index in [1.807, 2.05) is 6.92 Å². The highest BCUT2D eigenvalue weighted by atomic mass is 35.5. The summed E-state index contributed by atoms with van der Waals surface area (Å²) in [5.41, 5.74) is 1.43. The molecule has 98 valence electrons. The lowest BCUT2D eigenvalue weighted by atomic mass is 10.2. The van der Waals surface area contributed by atoms with E-state index in [2.05, 4.69) is 5.32 Å². The molecule has 2 aromatic rings. The molecule has 0 aliphatic heterocycles. The van der Waals surface area contributed by atoms with Crippen molar-refractivity contribution >= 4 is 23.4 Å². The van der Waals surface area contributed by atoms with E-state index < -0.39 is 11.9 Å². The van der Waals surface area contributed by atoms with Crippen molar-refractivity contribution in [1.82, 2.24) is 0 Å². The topological polar surface area (TPSA) is 38.3 Å². The standard InChI is InChI=1S/C14H11ClFNO2/c1-9-2-3-10(15)8-13(9)17-14(18)19-12-6-4-11(16)5-7-12/h2-8H,1H3,(H,17,18). The van der Waals surface area contributed by atoms with Crippen LogP contribution in [-0.4, -0.2) is 6.09 Å². The fourth-order valence-corrected chi connectivity index (χ4v) is 1.65. The fourth-order valence-electron chi connectivity index (χ4n) is 1.47. The van der Waals surface area contributed by atoms with Crippen LogP contribution in [0.3, 0.4) is 0 Å². The molecule has 0 bridgehead atoms. The number of nitrogens with one attached hydrogen (secondary N) is 1. The minimum Gasteiger partial charge on any atom is -0.410 e. The summed E-state index contributed by atoms with van der Waals surface area (Å²) in [6, 6.07) is 10.3. The third-order valence-corrected chi connectivity index (χ3v) is 2.70. The van der Waals surface area contributed by atoms with E-state index in [4.69, 9.17) is 16.3 Å². The van der Waals surface area contributed by atoms with Gasteiger partial charge >= 0.3 is 6.09 Å². The monoisotopic (exact) mass is 279 g/mol. The quantitative estimate of drug-likeness (QED) is 0.885. The van der Waals surface area contributed by atoms with E-state index in [-0.39, 0.29) is 5.75 Å². The van der Waals surface area contributed by atoms with E-state index in [0.29, 0.717) is 10.7 Å². The van der Waals surface area contributed by atoms with Crippen LogP contribution >= 0.6 is 11.6 Å². The minimum atomic E-state index is -0.656. The number of benzene rings is 2. The molecule has 0 unspecified atom stereocenters. The van der Waals surface area contributed by atoms with E-state index in [0.717, 1.165) is 5.56 Å². The number of ether oxygens (including phenoxy) is 1. The Hall–Kier alpha value is -2.07. The van der Waals surface area contributed by atoms with Gasteiger partial charge < -0.3 is 4.74 Å². The van der Waals surface area contributed by atoms with Gasteiger partial charge in [0.2, 0.25) is 0 Å². The average molecular weight is 280 g/mol. The largest absolute Gasteiger partial charge is 0.417 e. The van der Waals surface area contributed by atoms with Gasteiger partial charge in [-0.2, -0.15) is 0 Å². The lowest BCUT2D eigenvalue weighted by Gasteiger charge is -2.09. The Labute approximate surface area is 115 Å². The molecule has 0 saturated heterocycles. The highest BCUT2D eigenvalue weighted by Crippen LogP contribution is 2.20. The molecule has 3 nitrogen and oxygen atoms in total. The Balaban J connectivity index is 2.05. The minimum absolute atomic E-state index is 0.263. The first-order chi connectivity index (χ1) is 9.04. The van der Waals surface area contributed by atoms with E-state index in [9.17, 15) is 9.18 Å². The van der Waals surface area contributed by atoms with Crippen molar-refractivity contribution in [1.29, 1.82) is 0 Å². The van der Waals surface area contributed by atoms with Crippen LogP contribution < -0.4 is 10.1 Å². The molecule has 2 rings (SSSR count). The van der Waals surface area contributed by atoms with Gasteiger partial charge in [0, 0.05) is 10.7 Å². The van der Waals surface area contributed by atoms with Crippen molar-refractivity contribution in [2.24, 2.45) is 0 Å². The van der Waals surface area contributed by atoms with Crippen molar-refractivity contribution in [2.75, 3.05) is 5.32 Å². The lowest BCUT2D eigenvalue weighted by Crippen LogP contribution is -2.17. The molecular weight excluding hydrogens is 269 g/mol. The molecular formula is C14H11ClFNO2. The van der Waals surface area contributed by atoms with Crippen LogP contribution in [0.5, 0.6) is 5.75 Å². The molecule has 0 fully saturated rings. The van der Waals surface area contributed by atoms with Gasteiger partial charge in [0.05, 0.1) is 0 Å². The molecule has 2 aromatic carbocycles. The molecule has 1 amide bonds. The number of amides is 1. The van der Waals surface area contributed by atoms with Gasteiger partial charge in [0.25, 0.3) is 0 Å². The summed E-state index contributed by atoms with van der Waals surface area (Å²) in [5, 5.41) is 3.09. The molecule has 0 aromatic heterocycles. The summed E-state index contributed by atoms with van der Waals surface area (Å²) < 4.78 is 17.7. The molecule has 19 heavy (non-hydrogen) atoms. The first-order valence-corrected chi connectivity index (χ1v) is 5.93. The summed E-state index contributed by atoms with van der Waals surface area (Å²) in [7, 11) is 0. The van der Waals surface area contributed by atoms with Crippen LogP contribution in [0, 0.1) is 12.7 Å². The molecule has 0 spiro atoms. The van der Waals surface area contributed by atoms with Gasteiger partial charge in [-0.05, 0) is 48.9 Å². The molecule has 0 atom stereocenters. The predicted octanol–water partition coefficient (Wildman–Crippen LogP) is 4.40. The maximum absolute atomic E-state index is 12.7. The molecule has 1 N–H and O–H groups in total. The molecule has 0 aliphatic carbocycles. The van der Waals surface area contributed by atoms with Crippen molar-refractivity contribution in [3.8, 4) is 5.75 Å². The Morgan fingerprint density at radius 1 is 1.21 bits per heavy atom. The van der Waals surface area contributed by atoms with Crippen molar-refractivity contribution in [3.05, 3.63) is 58.9 Å². The number of hydrogen-bond acceptors (Lipinski definition) is 2. The zero-order valence-electron chi connectivity index (χ0n) is 10.1. The molecule has 0 saturated carbocycles. The Kier molecular flexibility index (Phi) is 4.02. The number of anilines is 1. The molecule has 0 heterocycles. The second kappa shape index (κ2) is 5.71. The van der Waals surface area contributed by atoms with Gasteiger partial charge in [-0.1, -0.05) is 17.7 Å². The van der Waals surface area contributed by atoms with Gasteiger partial charge in [0.15, 0.2) is 0 Å². The number of rotatable bonds is 2. The zero-order chi connectivity index (χ0) is 13.8. The molecule has 5 heteroatoms. The van der Waals surface area contributed by atoms with Gasteiger partial charge in [-0.25, -0.2) is 9.18 Å². The Bertz CT molecular complexity index is 599. The van der Waals surface area contributed by atoms with Crippen molar-refractivity contribution in [2.45, 2.75) is 6.92 Å². The summed E-state index contributed by atoms with van der Waals surface area (Å²) in [6.07, 6.45) is -0.656. The van der Waals surface area contributed by atoms with Gasteiger partial charge in [-0.3, -0.25) is 5.32 Å². The van der Waals surface area contributed by atoms with Crippen LogP contribution in [0.15, 0.2) is 42.5 Å². The number of hydrogen-bond donors (Lipinski definition) is 1. The SMILES string of the molecule is Cc1ccc(Cl)cc1NC(=O)Oc1ccc(F)cc1. The van der Waals surface area contributed by atoms with Crippen LogP contribution in [-0.2, 0) is 0 Å². The lowest BCUT2D eigenvalue weighted by molar-refractivity contribution is 0.215. The average Bonchev–Trinajstić information content (AvgIpc) is 2.37. The van der Waals surface area contributed by atoms with Crippen LogP contribution in [0.4, 0.5) is 14.9 Å². The number of carbonyl (C=O) groups excluding carboxylic acids is 1. The van der Waals surface area contributed by atoms with E-state index in [1.54, 1.807) is 18.2 Å². The summed E-state index contributed by atoms with van der Waals surface area (Å²) in [5.74, 6) is -0.128. The Morgan fingerprint density at radius 2 is 1.89 bits per heavy atom. The van der Waals surface area contributed by atoms with Crippen molar-refractivity contribution < 1.29 is 13.9 Å². The second-order valence-corrected chi connectivity index (χ2v) is 4.36. The summed E-state index contributed by atoms with van der Waals surface area (Å²) >= 11 is 5.84. The highest BCUT2D eigenvalue weighted by Gasteiger charge is 2.07. The normalized spacial score (nSPS) is 10.1.